The van der Waals surface area contributed by atoms with Gasteiger partial charge in [0.2, 0.25) is 0 Å². The standard InChI is InChI=1S/C23H26BF2NO5/c1-22(2)23(3,4)32-24(31-22)15-11-9-14(10-12-15)13-18(21(29)30-5)27-20(28)19-16(25)7-6-8-17(19)26/h6-12,18H,13H2,1-5H3,(H,27,28)/t18-/m0/s1. The van der Waals surface area contributed by atoms with E-state index < -0.39 is 53.4 Å². The summed E-state index contributed by atoms with van der Waals surface area (Å²) in [6, 6.07) is 9.13. The summed E-state index contributed by atoms with van der Waals surface area (Å²) < 4.78 is 44.6. The van der Waals surface area contributed by atoms with Gasteiger partial charge < -0.3 is 19.4 Å². The number of carbonyl (C=O) groups excluding carboxylic acids is 2. The summed E-state index contributed by atoms with van der Waals surface area (Å²) >= 11 is 0. The lowest BCUT2D eigenvalue weighted by Gasteiger charge is -2.32. The third-order valence-electron chi connectivity index (χ3n) is 5.93. The summed E-state index contributed by atoms with van der Waals surface area (Å²) in [7, 11) is 0.640. The van der Waals surface area contributed by atoms with E-state index in [0.717, 1.165) is 23.7 Å². The molecule has 0 aromatic heterocycles. The second kappa shape index (κ2) is 9.00. The van der Waals surface area contributed by atoms with E-state index in [9.17, 15) is 18.4 Å². The lowest BCUT2D eigenvalue weighted by atomic mass is 9.78. The van der Waals surface area contributed by atoms with Crippen LogP contribution in [0.25, 0.3) is 0 Å². The van der Waals surface area contributed by atoms with Crippen molar-refractivity contribution in [2.45, 2.75) is 51.4 Å². The number of hydrogen-bond donors (Lipinski definition) is 1. The number of methoxy groups -OCH3 is 1. The highest BCUT2D eigenvalue weighted by atomic mass is 19.1. The Morgan fingerprint density at radius 1 is 1.00 bits per heavy atom. The van der Waals surface area contributed by atoms with Crippen LogP contribution in [0.5, 0.6) is 0 Å². The molecule has 0 bridgehead atoms. The van der Waals surface area contributed by atoms with E-state index in [0.29, 0.717) is 5.56 Å². The van der Waals surface area contributed by atoms with E-state index in [1.54, 1.807) is 12.1 Å². The molecule has 1 aliphatic heterocycles. The number of amides is 1. The Hall–Kier alpha value is -2.78. The zero-order chi connectivity index (χ0) is 23.7. The van der Waals surface area contributed by atoms with Gasteiger partial charge in [-0.2, -0.15) is 0 Å². The molecule has 32 heavy (non-hydrogen) atoms. The van der Waals surface area contributed by atoms with Crippen molar-refractivity contribution < 1.29 is 32.4 Å². The summed E-state index contributed by atoms with van der Waals surface area (Å²) in [5, 5.41) is 2.36. The Balaban J connectivity index is 1.74. The fraction of sp³-hybridized carbons (Fsp3) is 0.391. The molecule has 1 aliphatic rings. The molecule has 0 saturated carbocycles. The lowest BCUT2D eigenvalue weighted by molar-refractivity contribution is -0.142. The van der Waals surface area contributed by atoms with Crippen molar-refractivity contribution in [2.75, 3.05) is 7.11 Å². The van der Waals surface area contributed by atoms with E-state index in [-0.39, 0.29) is 6.42 Å². The molecule has 170 valence electrons. The maximum absolute atomic E-state index is 13.9. The SMILES string of the molecule is COC(=O)[C@H](Cc1ccc(B2OC(C)(C)C(C)(C)O2)cc1)NC(=O)c1c(F)cccc1F. The fourth-order valence-corrected chi connectivity index (χ4v) is 3.31. The number of hydrogen-bond acceptors (Lipinski definition) is 5. The van der Waals surface area contributed by atoms with Crippen molar-refractivity contribution in [3.05, 3.63) is 65.2 Å². The molecule has 9 heteroatoms. The van der Waals surface area contributed by atoms with Gasteiger partial charge in [0.1, 0.15) is 23.2 Å². The Morgan fingerprint density at radius 2 is 1.53 bits per heavy atom. The van der Waals surface area contributed by atoms with Gasteiger partial charge in [0.15, 0.2) is 0 Å². The Labute approximate surface area is 186 Å². The largest absolute Gasteiger partial charge is 0.494 e. The molecular formula is C23H26BF2NO5. The third-order valence-corrected chi connectivity index (χ3v) is 5.93. The van der Waals surface area contributed by atoms with Crippen LogP contribution in [0, 0.1) is 11.6 Å². The second-order valence-electron chi connectivity index (χ2n) is 8.68. The highest BCUT2D eigenvalue weighted by molar-refractivity contribution is 6.62. The first-order valence-corrected chi connectivity index (χ1v) is 10.2. The summed E-state index contributed by atoms with van der Waals surface area (Å²) in [4.78, 5) is 24.6. The minimum absolute atomic E-state index is 0.0676. The zero-order valence-electron chi connectivity index (χ0n) is 18.7. The van der Waals surface area contributed by atoms with Crippen LogP contribution in [0.2, 0.25) is 0 Å². The fourth-order valence-electron chi connectivity index (χ4n) is 3.31. The van der Waals surface area contributed by atoms with E-state index >= 15 is 0 Å². The van der Waals surface area contributed by atoms with Gasteiger partial charge in [-0.25, -0.2) is 13.6 Å². The summed E-state index contributed by atoms with van der Waals surface area (Å²) in [6.45, 7) is 7.85. The summed E-state index contributed by atoms with van der Waals surface area (Å²) in [5.74, 6) is -3.80. The van der Waals surface area contributed by atoms with Gasteiger partial charge in [-0.3, -0.25) is 4.79 Å². The molecule has 0 spiro atoms. The molecule has 0 aliphatic carbocycles. The number of carbonyl (C=O) groups is 2. The molecule has 1 atom stereocenters. The Morgan fingerprint density at radius 3 is 2.03 bits per heavy atom. The molecule has 1 amide bonds. The Kier molecular flexibility index (Phi) is 6.71. The number of halogens is 2. The topological polar surface area (TPSA) is 73.9 Å². The molecule has 1 N–H and O–H groups in total. The number of rotatable bonds is 6. The maximum Gasteiger partial charge on any atom is 0.494 e. The van der Waals surface area contributed by atoms with Gasteiger partial charge >= 0.3 is 13.1 Å². The van der Waals surface area contributed by atoms with Crippen molar-refractivity contribution in [1.29, 1.82) is 0 Å². The molecule has 6 nitrogen and oxygen atoms in total. The van der Waals surface area contributed by atoms with E-state index in [1.165, 1.54) is 7.11 Å². The molecule has 1 fully saturated rings. The van der Waals surface area contributed by atoms with Crippen LogP contribution in [0.3, 0.4) is 0 Å². The zero-order valence-corrected chi connectivity index (χ0v) is 18.7. The molecule has 1 saturated heterocycles. The first-order valence-electron chi connectivity index (χ1n) is 10.2. The van der Waals surface area contributed by atoms with Crippen molar-refractivity contribution in [2.24, 2.45) is 0 Å². The van der Waals surface area contributed by atoms with Crippen LogP contribution in [0.4, 0.5) is 8.78 Å². The number of benzene rings is 2. The number of esters is 1. The summed E-state index contributed by atoms with van der Waals surface area (Å²) in [6.07, 6.45) is 0.0676. The molecule has 1 heterocycles. The van der Waals surface area contributed by atoms with Crippen LogP contribution in [-0.2, 0) is 25.3 Å². The van der Waals surface area contributed by atoms with Gasteiger partial charge in [-0.05, 0) is 50.9 Å². The summed E-state index contributed by atoms with van der Waals surface area (Å²) in [5.41, 5.74) is -0.191. The van der Waals surface area contributed by atoms with Gasteiger partial charge in [0.25, 0.3) is 5.91 Å². The van der Waals surface area contributed by atoms with E-state index in [4.69, 9.17) is 14.0 Å². The van der Waals surface area contributed by atoms with Crippen molar-refractivity contribution >= 4 is 24.5 Å². The molecule has 3 rings (SSSR count). The average molecular weight is 445 g/mol. The molecule has 0 radical (unpaired) electrons. The van der Waals surface area contributed by atoms with Crippen molar-refractivity contribution in [3.8, 4) is 0 Å². The van der Waals surface area contributed by atoms with Gasteiger partial charge in [0.05, 0.1) is 18.3 Å². The lowest BCUT2D eigenvalue weighted by Crippen LogP contribution is -2.43. The monoisotopic (exact) mass is 445 g/mol. The van der Waals surface area contributed by atoms with Crippen LogP contribution in [0.1, 0.15) is 43.6 Å². The van der Waals surface area contributed by atoms with Crippen LogP contribution < -0.4 is 10.8 Å². The molecular weight excluding hydrogens is 419 g/mol. The number of nitrogens with one attached hydrogen (secondary N) is 1. The van der Waals surface area contributed by atoms with E-state index in [2.05, 4.69) is 5.32 Å². The molecule has 2 aromatic rings. The maximum atomic E-state index is 13.9. The first kappa shape index (κ1) is 23.9. The first-order chi connectivity index (χ1) is 14.9. The third kappa shape index (κ3) is 4.84. The highest BCUT2D eigenvalue weighted by Gasteiger charge is 2.51. The predicted molar refractivity (Wildman–Crippen MR) is 115 cm³/mol. The normalized spacial score (nSPS) is 17.7. The quantitative estimate of drug-likeness (QED) is 0.547. The van der Waals surface area contributed by atoms with Gasteiger partial charge in [0, 0.05) is 6.42 Å². The smallest absolute Gasteiger partial charge is 0.467 e. The average Bonchev–Trinajstić information content (AvgIpc) is 2.94. The van der Waals surface area contributed by atoms with Crippen LogP contribution in [-0.4, -0.2) is 43.3 Å². The van der Waals surface area contributed by atoms with Gasteiger partial charge in [-0.1, -0.05) is 30.3 Å². The minimum atomic E-state index is -1.13. The van der Waals surface area contributed by atoms with Gasteiger partial charge in [-0.15, -0.1) is 0 Å². The molecule has 0 unspecified atom stereocenters. The number of ether oxygens (including phenoxy) is 1. The van der Waals surface area contributed by atoms with Crippen LogP contribution in [0.15, 0.2) is 42.5 Å². The highest BCUT2D eigenvalue weighted by Crippen LogP contribution is 2.36. The molecule has 2 aromatic carbocycles. The predicted octanol–water partition coefficient (Wildman–Crippen LogP) is 2.78. The van der Waals surface area contributed by atoms with Crippen LogP contribution >= 0.6 is 0 Å². The van der Waals surface area contributed by atoms with Crippen molar-refractivity contribution in [1.82, 2.24) is 5.32 Å². The second-order valence-corrected chi connectivity index (χ2v) is 8.68. The van der Waals surface area contributed by atoms with E-state index in [1.807, 2.05) is 39.8 Å². The Bertz CT molecular complexity index is 974. The van der Waals surface area contributed by atoms with Crippen molar-refractivity contribution in [3.63, 3.8) is 0 Å². The minimum Gasteiger partial charge on any atom is -0.467 e.